The molecule has 0 saturated carbocycles. The van der Waals surface area contributed by atoms with Crippen molar-refractivity contribution < 1.29 is 14.3 Å². The first-order valence-corrected chi connectivity index (χ1v) is 12.1. The van der Waals surface area contributed by atoms with Crippen LogP contribution in [0.5, 0.6) is 5.88 Å². The van der Waals surface area contributed by atoms with Gasteiger partial charge in [-0.2, -0.15) is 0 Å². The summed E-state index contributed by atoms with van der Waals surface area (Å²) in [6.45, 7) is 1.86. The van der Waals surface area contributed by atoms with Crippen molar-refractivity contribution in [3.05, 3.63) is 110 Å². The summed E-state index contributed by atoms with van der Waals surface area (Å²) in [6, 6.07) is 19.4. The Morgan fingerprint density at radius 2 is 1.81 bits per heavy atom. The maximum Gasteiger partial charge on any atom is 0.268 e. The van der Waals surface area contributed by atoms with Crippen LogP contribution >= 0.6 is 23.2 Å². The molecule has 0 fully saturated rings. The molecule has 188 valence electrons. The number of amides is 1. The van der Waals surface area contributed by atoms with Crippen LogP contribution < -0.4 is 15.6 Å². The van der Waals surface area contributed by atoms with E-state index >= 15 is 0 Å². The lowest BCUT2D eigenvalue weighted by Crippen LogP contribution is -2.36. The van der Waals surface area contributed by atoms with Crippen molar-refractivity contribution in [2.45, 2.75) is 19.4 Å². The zero-order chi connectivity index (χ0) is 26.5. The van der Waals surface area contributed by atoms with E-state index in [1.165, 1.54) is 13.2 Å². The van der Waals surface area contributed by atoms with Gasteiger partial charge in [0.05, 0.1) is 12.7 Å². The first-order valence-electron chi connectivity index (χ1n) is 11.3. The van der Waals surface area contributed by atoms with Crippen molar-refractivity contribution in [2.75, 3.05) is 12.4 Å². The van der Waals surface area contributed by atoms with Crippen LogP contribution in [0.25, 0.3) is 11.1 Å². The quantitative estimate of drug-likeness (QED) is 0.289. The molecule has 7 nitrogen and oxygen atoms in total. The van der Waals surface area contributed by atoms with Crippen LogP contribution in [0, 0.1) is 6.92 Å². The van der Waals surface area contributed by atoms with Gasteiger partial charge in [0.1, 0.15) is 6.04 Å². The van der Waals surface area contributed by atoms with Crippen LogP contribution in [-0.4, -0.2) is 29.1 Å². The molecule has 37 heavy (non-hydrogen) atoms. The van der Waals surface area contributed by atoms with Crippen LogP contribution in [0.15, 0.2) is 77.6 Å². The van der Waals surface area contributed by atoms with Crippen LogP contribution in [0.4, 0.5) is 5.69 Å². The minimum absolute atomic E-state index is 0.0641. The number of nitrogens with zero attached hydrogens (tertiary/aromatic N) is 2. The highest BCUT2D eigenvalue weighted by Gasteiger charge is 2.26. The average molecular weight is 536 g/mol. The number of ether oxygens (including phenoxy) is 1. The van der Waals surface area contributed by atoms with Gasteiger partial charge in [-0.3, -0.25) is 14.4 Å². The molecule has 1 unspecified atom stereocenters. The van der Waals surface area contributed by atoms with Gasteiger partial charge in [0.25, 0.3) is 5.56 Å². The van der Waals surface area contributed by atoms with Gasteiger partial charge in [0.15, 0.2) is 6.29 Å². The maximum atomic E-state index is 13.5. The van der Waals surface area contributed by atoms with Gasteiger partial charge >= 0.3 is 0 Å². The molecule has 0 bridgehead atoms. The van der Waals surface area contributed by atoms with E-state index in [2.05, 4.69) is 10.4 Å². The van der Waals surface area contributed by atoms with Crippen molar-refractivity contribution in [3.63, 3.8) is 0 Å². The predicted octanol–water partition coefficient (Wildman–Crippen LogP) is 5.77. The van der Waals surface area contributed by atoms with Crippen molar-refractivity contribution in [2.24, 2.45) is 0 Å². The Bertz CT molecular complexity index is 1520. The van der Waals surface area contributed by atoms with Gasteiger partial charge in [-0.25, -0.2) is 4.68 Å². The lowest BCUT2D eigenvalue weighted by Gasteiger charge is -2.20. The largest absolute Gasteiger partial charge is 0.480 e. The van der Waals surface area contributed by atoms with E-state index in [9.17, 15) is 14.4 Å². The normalized spacial score (nSPS) is 11.6. The summed E-state index contributed by atoms with van der Waals surface area (Å²) in [6.07, 6.45) is 0.855. The molecule has 9 heteroatoms. The molecule has 1 amide bonds. The van der Waals surface area contributed by atoms with E-state index in [4.69, 9.17) is 27.9 Å². The molecule has 0 aliphatic heterocycles. The van der Waals surface area contributed by atoms with Gasteiger partial charge in [-0.1, -0.05) is 59.6 Å². The predicted molar refractivity (Wildman–Crippen MR) is 145 cm³/mol. The molecule has 0 saturated heterocycles. The molecular weight excluding hydrogens is 513 g/mol. The first kappa shape index (κ1) is 26.1. The second kappa shape index (κ2) is 11.4. The van der Waals surface area contributed by atoms with E-state index in [-0.39, 0.29) is 17.9 Å². The third-order valence-corrected chi connectivity index (χ3v) is 6.50. The fourth-order valence-corrected chi connectivity index (χ4v) is 4.26. The molecular formula is C28H23Cl2N3O4. The number of anilines is 1. The summed E-state index contributed by atoms with van der Waals surface area (Å²) in [5.41, 5.74) is 2.65. The van der Waals surface area contributed by atoms with Crippen molar-refractivity contribution in [3.8, 4) is 17.0 Å². The Morgan fingerprint density at radius 3 is 2.49 bits per heavy atom. The van der Waals surface area contributed by atoms with Crippen molar-refractivity contribution >= 4 is 41.1 Å². The minimum Gasteiger partial charge on any atom is -0.480 e. The summed E-state index contributed by atoms with van der Waals surface area (Å²) >= 11 is 12.4. The smallest absolute Gasteiger partial charge is 0.268 e. The van der Waals surface area contributed by atoms with E-state index < -0.39 is 17.5 Å². The molecule has 0 aliphatic rings. The van der Waals surface area contributed by atoms with Crippen molar-refractivity contribution in [1.82, 2.24) is 9.78 Å². The Hall–Kier alpha value is -3.94. The molecule has 4 rings (SSSR count). The van der Waals surface area contributed by atoms with E-state index in [1.54, 1.807) is 36.4 Å². The Morgan fingerprint density at radius 1 is 1.05 bits per heavy atom. The highest BCUT2D eigenvalue weighted by Crippen LogP contribution is 2.32. The average Bonchev–Trinajstić information content (AvgIpc) is 2.90. The summed E-state index contributed by atoms with van der Waals surface area (Å²) in [5.74, 6) is -0.390. The number of hydrogen-bond acceptors (Lipinski definition) is 5. The number of aromatic nitrogens is 2. The fourth-order valence-electron chi connectivity index (χ4n) is 3.91. The Balaban J connectivity index is 1.80. The second-order valence-electron chi connectivity index (χ2n) is 8.36. The minimum atomic E-state index is -1.01. The maximum absolute atomic E-state index is 13.5. The van der Waals surface area contributed by atoms with Crippen LogP contribution in [0.3, 0.4) is 0 Å². The second-order valence-corrected chi connectivity index (χ2v) is 9.20. The number of benzene rings is 3. The number of halogens is 2. The standard InChI is InChI=1S/C28H23Cl2N3O4/c1-17-8-11-21(14-24(17)30)31-27(36)25(12-18-6-4-3-5-7-18)33-26(35)15-23(28(32-33)37-2)22-13-20(29)10-9-19(22)16-34/h3-11,13-16,25H,12H2,1-2H3,(H,31,36). The number of rotatable bonds is 8. The number of nitrogens with one attached hydrogen (secondary N) is 1. The lowest BCUT2D eigenvalue weighted by atomic mass is 10.0. The molecule has 3 aromatic carbocycles. The summed E-state index contributed by atoms with van der Waals surface area (Å²) < 4.78 is 6.57. The third-order valence-electron chi connectivity index (χ3n) is 5.86. The van der Waals surface area contributed by atoms with Crippen LogP contribution in [0.2, 0.25) is 10.0 Å². The highest BCUT2D eigenvalue weighted by molar-refractivity contribution is 6.31. The number of hydrogen-bond donors (Lipinski definition) is 1. The molecule has 0 spiro atoms. The van der Waals surface area contributed by atoms with Gasteiger partial charge in [0, 0.05) is 33.8 Å². The highest BCUT2D eigenvalue weighted by atomic mass is 35.5. The molecule has 1 heterocycles. The van der Waals surface area contributed by atoms with Gasteiger partial charge in [-0.05, 0) is 53.9 Å². The van der Waals surface area contributed by atoms with Gasteiger partial charge in [-0.15, -0.1) is 5.10 Å². The van der Waals surface area contributed by atoms with Gasteiger partial charge < -0.3 is 10.1 Å². The zero-order valence-corrected chi connectivity index (χ0v) is 21.6. The van der Waals surface area contributed by atoms with Crippen LogP contribution in [-0.2, 0) is 11.2 Å². The zero-order valence-electron chi connectivity index (χ0n) is 20.1. The summed E-state index contributed by atoms with van der Waals surface area (Å²) in [7, 11) is 1.40. The SMILES string of the molecule is COc1nn(C(Cc2ccccc2)C(=O)Nc2ccc(C)c(Cl)c2)c(=O)cc1-c1cc(Cl)ccc1C=O. The van der Waals surface area contributed by atoms with E-state index in [0.717, 1.165) is 15.8 Å². The summed E-state index contributed by atoms with van der Waals surface area (Å²) in [5, 5.41) is 8.12. The fraction of sp³-hybridized carbons (Fsp3) is 0.143. The monoisotopic (exact) mass is 535 g/mol. The molecule has 4 aromatic rings. The third kappa shape index (κ3) is 5.90. The molecule has 1 N–H and O–H groups in total. The lowest BCUT2D eigenvalue weighted by molar-refractivity contribution is -0.119. The Kier molecular flexibility index (Phi) is 8.06. The first-order chi connectivity index (χ1) is 17.8. The molecule has 0 radical (unpaired) electrons. The number of methoxy groups -OCH3 is 1. The van der Waals surface area contributed by atoms with Crippen LogP contribution in [0.1, 0.15) is 27.5 Å². The number of carbonyl (C=O) groups is 2. The topological polar surface area (TPSA) is 90.3 Å². The molecule has 1 aromatic heterocycles. The molecule has 0 aliphatic carbocycles. The number of carbonyl (C=O) groups excluding carboxylic acids is 2. The van der Waals surface area contributed by atoms with Crippen molar-refractivity contribution in [1.29, 1.82) is 0 Å². The van der Waals surface area contributed by atoms with Gasteiger partial charge in [0.2, 0.25) is 11.8 Å². The number of aldehydes is 1. The Labute approximate surface area is 223 Å². The molecule has 1 atom stereocenters. The number of aryl methyl sites for hydroxylation is 1. The van der Waals surface area contributed by atoms with E-state index in [0.29, 0.717) is 33.1 Å². The van der Waals surface area contributed by atoms with E-state index in [1.807, 2.05) is 37.3 Å². The summed E-state index contributed by atoms with van der Waals surface area (Å²) in [4.78, 5) is 38.5.